The second-order valence-corrected chi connectivity index (χ2v) is 4.69. The highest BCUT2D eigenvalue weighted by molar-refractivity contribution is 6.00. The van der Waals surface area contributed by atoms with Crippen molar-refractivity contribution >= 4 is 11.8 Å². The normalized spacial score (nSPS) is 22.1. The molecule has 0 spiro atoms. The SMILES string of the molecule is CCOC1=CC(=O)C(OC(C)=O)(c2ccccc2)CC1. The van der Waals surface area contributed by atoms with Crippen LogP contribution in [0.3, 0.4) is 0 Å². The highest BCUT2D eigenvalue weighted by Crippen LogP contribution is 2.37. The zero-order valence-corrected chi connectivity index (χ0v) is 11.7. The summed E-state index contributed by atoms with van der Waals surface area (Å²) < 4.78 is 10.8. The van der Waals surface area contributed by atoms with Gasteiger partial charge in [-0.2, -0.15) is 0 Å². The molecule has 1 atom stereocenters. The van der Waals surface area contributed by atoms with E-state index in [-0.39, 0.29) is 5.78 Å². The van der Waals surface area contributed by atoms with Gasteiger partial charge in [0.1, 0.15) is 0 Å². The van der Waals surface area contributed by atoms with Gasteiger partial charge >= 0.3 is 5.97 Å². The fourth-order valence-electron chi connectivity index (χ4n) is 2.46. The fraction of sp³-hybridized carbons (Fsp3) is 0.375. The third-order valence-electron chi connectivity index (χ3n) is 3.30. The number of hydrogen-bond acceptors (Lipinski definition) is 4. The standard InChI is InChI=1S/C16H18O4/c1-3-19-14-9-10-16(15(18)11-14,20-12(2)17)13-7-5-4-6-8-13/h4-8,11H,3,9-10H2,1-2H3. The van der Waals surface area contributed by atoms with Gasteiger partial charge in [-0.05, 0) is 6.92 Å². The van der Waals surface area contributed by atoms with E-state index >= 15 is 0 Å². The molecule has 20 heavy (non-hydrogen) atoms. The van der Waals surface area contributed by atoms with Crippen LogP contribution in [0, 0.1) is 0 Å². The van der Waals surface area contributed by atoms with Crippen molar-refractivity contribution in [2.24, 2.45) is 0 Å². The van der Waals surface area contributed by atoms with Crippen LogP contribution in [0.4, 0.5) is 0 Å². The number of benzene rings is 1. The number of ketones is 1. The van der Waals surface area contributed by atoms with Gasteiger partial charge in [0.25, 0.3) is 0 Å². The van der Waals surface area contributed by atoms with E-state index in [2.05, 4.69) is 0 Å². The Morgan fingerprint density at radius 2 is 2.00 bits per heavy atom. The second kappa shape index (κ2) is 5.90. The monoisotopic (exact) mass is 274 g/mol. The molecule has 4 heteroatoms. The van der Waals surface area contributed by atoms with E-state index in [4.69, 9.17) is 9.47 Å². The molecular weight excluding hydrogens is 256 g/mol. The van der Waals surface area contributed by atoms with Gasteiger partial charge in [-0.3, -0.25) is 9.59 Å². The number of carbonyl (C=O) groups is 2. The minimum atomic E-state index is -1.21. The first kappa shape index (κ1) is 14.3. The average molecular weight is 274 g/mol. The van der Waals surface area contributed by atoms with E-state index < -0.39 is 11.6 Å². The Morgan fingerprint density at radius 1 is 1.30 bits per heavy atom. The molecule has 1 aromatic rings. The molecule has 0 amide bonds. The molecule has 0 aromatic heterocycles. The van der Waals surface area contributed by atoms with E-state index in [1.807, 2.05) is 25.1 Å². The van der Waals surface area contributed by atoms with Crippen LogP contribution in [-0.2, 0) is 24.7 Å². The Bertz CT molecular complexity index is 533. The van der Waals surface area contributed by atoms with Gasteiger partial charge in [-0.25, -0.2) is 0 Å². The molecule has 2 rings (SSSR count). The molecule has 4 nitrogen and oxygen atoms in total. The van der Waals surface area contributed by atoms with Crippen molar-refractivity contribution in [2.45, 2.75) is 32.3 Å². The maximum atomic E-state index is 12.5. The molecule has 0 N–H and O–H groups in total. The lowest BCUT2D eigenvalue weighted by atomic mass is 9.81. The largest absolute Gasteiger partial charge is 0.498 e. The van der Waals surface area contributed by atoms with E-state index in [1.165, 1.54) is 13.0 Å². The van der Waals surface area contributed by atoms with E-state index in [0.29, 0.717) is 30.8 Å². The Morgan fingerprint density at radius 3 is 2.55 bits per heavy atom. The van der Waals surface area contributed by atoms with Crippen LogP contribution in [-0.4, -0.2) is 18.4 Å². The Hall–Kier alpha value is -2.10. The van der Waals surface area contributed by atoms with Crippen LogP contribution in [0.1, 0.15) is 32.3 Å². The first-order valence-electron chi connectivity index (χ1n) is 6.71. The highest BCUT2D eigenvalue weighted by Gasteiger charge is 2.44. The molecule has 1 aliphatic carbocycles. The molecule has 0 heterocycles. The minimum absolute atomic E-state index is 0.242. The first-order valence-corrected chi connectivity index (χ1v) is 6.71. The highest BCUT2D eigenvalue weighted by atomic mass is 16.6. The Labute approximate surface area is 118 Å². The first-order chi connectivity index (χ1) is 9.58. The van der Waals surface area contributed by atoms with E-state index in [9.17, 15) is 9.59 Å². The number of esters is 1. The van der Waals surface area contributed by atoms with Gasteiger partial charge < -0.3 is 9.47 Å². The van der Waals surface area contributed by atoms with Crippen LogP contribution >= 0.6 is 0 Å². The molecule has 106 valence electrons. The zero-order chi connectivity index (χ0) is 14.6. The van der Waals surface area contributed by atoms with Crippen LogP contribution < -0.4 is 0 Å². The maximum absolute atomic E-state index is 12.5. The lowest BCUT2D eigenvalue weighted by Crippen LogP contribution is -2.41. The minimum Gasteiger partial charge on any atom is -0.498 e. The summed E-state index contributed by atoms with van der Waals surface area (Å²) in [4.78, 5) is 23.9. The summed E-state index contributed by atoms with van der Waals surface area (Å²) >= 11 is 0. The molecule has 0 radical (unpaired) electrons. The van der Waals surface area contributed by atoms with Crippen molar-refractivity contribution in [2.75, 3.05) is 6.61 Å². The molecule has 0 saturated carbocycles. The number of rotatable bonds is 4. The van der Waals surface area contributed by atoms with E-state index in [0.717, 1.165) is 0 Å². The summed E-state index contributed by atoms with van der Waals surface area (Å²) in [6.07, 6.45) is 2.42. The molecule has 0 saturated heterocycles. The van der Waals surface area contributed by atoms with E-state index in [1.54, 1.807) is 12.1 Å². The third-order valence-corrected chi connectivity index (χ3v) is 3.30. The zero-order valence-electron chi connectivity index (χ0n) is 11.7. The molecule has 0 aliphatic heterocycles. The summed E-state index contributed by atoms with van der Waals surface area (Å²) in [5.41, 5.74) is -0.514. The number of allylic oxidation sites excluding steroid dienone is 1. The summed E-state index contributed by atoms with van der Waals surface area (Å²) in [7, 11) is 0. The van der Waals surface area contributed by atoms with Crippen molar-refractivity contribution in [1.29, 1.82) is 0 Å². The lowest BCUT2D eigenvalue weighted by molar-refractivity contribution is -0.167. The predicted molar refractivity (Wildman–Crippen MR) is 73.8 cm³/mol. The third kappa shape index (κ3) is 2.74. The van der Waals surface area contributed by atoms with Crippen molar-refractivity contribution in [3.8, 4) is 0 Å². The second-order valence-electron chi connectivity index (χ2n) is 4.69. The number of ether oxygens (including phenoxy) is 2. The number of carbonyl (C=O) groups excluding carboxylic acids is 2. The molecule has 0 bridgehead atoms. The van der Waals surface area contributed by atoms with Gasteiger partial charge in [0.2, 0.25) is 5.78 Å². The maximum Gasteiger partial charge on any atom is 0.303 e. The molecule has 0 fully saturated rings. The van der Waals surface area contributed by atoms with Gasteiger partial charge in [0.15, 0.2) is 5.60 Å². The van der Waals surface area contributed by atoms with Crippen molar-refractivity contribution < 1.29 is 19.1 Å². The van der Waals surface area contributed by atoms with Crippen LogP contribution in [0.5, 0.6) is 0 Å². The van der Waals surface area contributed by atoms with Crippen LogP contribution in [0.25, 0.3) is 0 Å². The molecular formula is C16H18O4. The van der Waals surface area contributed by atoms with Gasteiger partial charge in [0, 0.05) is 31.4 Å². The van der Waals surface area contributed by atoms with Crippen molar-refractivity contribution in [1.82, 2.24) is 0 Å². The van der Waals surface area contributed by atoms with Crippen molar-refractivity contribution in [3.05, 3.63) is 47.7 Å². The topological polar surface area (TPSA) is 52.6 Å². The smallest absolute Gasteiger partial charge is 0.303 e. The lowest BCUT2D eigenvalue weighted by Gasteiger charge is -2.34. The van der Waals surface area contributed by atoms with Crippen LogP contribution in [0.15, 0.2) is 42.2 Å². The summed E-state index contributed by atoms with van der Waals surface area (Å²) in [5, 5.41) is 0. The van der Waals surface area contributed by atoms with Crippen LogP contribution in [0.2, 0.25) is 0 Å². The molecule has 1 aliphatic rings. The predicted octanol–water partition coefficient (Wildman–Crippen LogP) is 2.73. The van der Waals surface area contributed by atoms with Crippen molar-refractivity contribution in [3.63, 3.8) is 0 Å². The fourth-order valence-corrected chi connectivity index (χ4v) is 2.46. The molecule has 1 aromatic carbocycles. The quantitative estimate of drug-likeness (QED) is 0.792. The summed E-state index contributed by atoms with van der Waals surface area (Å²) in [5.74, 6) is -0.0553. The van der Waals surface area contributed by atoms with Gasteiger partial charge in [-0.15, -0.1) is 0 Å². The Balaban J connectivity index is 2.40. The summed E-state index contributed by atoms with van der Waals surface area (Å²) in [6, 6.07) is 9.13. The summed E-state index contributed by atoms with van der Waals surface area (Å²) in [6.45, 7) is 3.71. The van der Waals surface area contributed by atoms with Gasteiger partial charge in [-0.1, -0.05) is 30.3 Å². The average Bonchev–Trinajstić information content (AvgIpc) is 2.43. The Kier molecular flexibility index (Phi) is 4.23. The molecule has 1 unspecified atom stereocenters. The number of hydrogen-bond donors (Lipinski definition) is 0. The van der Waals surface area contributed by atoms with Gasteiger partial charge in [0.05, 0.1) is 12.4 Å².